The fourth-order valence-corrected chi connectivity index (χ4v) is 2.07. The number of amides is 1. The van der Waals surface area contributed by atoms with Gasteiger partial charge in [-0.15, -0.1) is 11.3 Å². The number of thiophene rings is 1. The average molecular weight is 272 g/mol. The molecule has 0 saturated carbocycles. The Balaban J connectivity index is 2.42. The number of ether oxygens (including phenoxy) is 1. The average Bonchev–Trinajstić information content (AvgIpc) is 2.85. The largest absolute Gasteiger partial charge is 0.479 e. The molecule has 0 aliphatic rings. The Morgan fingerprint density at radius 2 is 2.33 bits per heavy atom. The maximum atomic E-state index is 11.5. The molecule has 0 radical (unpaired) electrons. The predicted molar refractivity (Wildman–Crippen MR) is 67.6 cm³/mol. The third-order valence-corrected chi connectivity index (χ3v) is 3.09. The normalized spacial score (nSPS) is 12.1. The van der Waals surface area contributed by atoms with Crippen LogP contribution in [0.3, 0.4) is 0 Å². The maximum Gasteiger partial charge on any atom is 0.331 e. The van der Waals surface area contributed by atoms with Crippen molar-refractivity contribution in [2.45, 2.75) is 6.04 Å². The summed E-state index contributed by atoms with van der Waals surface area (Å²) in [6, 6.07) is 2.45. The van der Waals surface area contributed by atoms with Crippen LogP contribution in [-0.4, -0.2) is 43.8 Å². The van der Waals surface area contributed by atoms with Gasteiger partial charge in [0.15, 0.2) is 6.04 Å². The Labute approximate surface area is 109 Å². The van der Waals surface area contributed by atoms with Gasteiger partial charge in [0.2, 0.25) is 5.91 Å². The van der Waals surface area contributed by atoms with E-state index in [-0.39, 0.29) is 12.5 Å². The molecular formula is C11H16N2O4S. The van der Waals surface area contributed by atoms with Gasteiger partial charge in [-0.1, -0.05) is 6.07 Å². The number of carbonyl (C=O) groups excluding carboxylic acids is 1. The first kappa shape index (κ1) is 14.6. The van der Waals surface area contributed by atoms with E-state index in [1.54, 1.807) is 24.6 Å². The lowest BCUT2D eigenvalue weighted by Crippen LogP contribution is -2.39. The lowest BCUT2D eigenvalue weighted by molar-refractivity contribution is -0.141. The van der Waals surface area contributed by atoms with Crippen LogP contribution in [0.4, 0.5) is 0 Å². The zero-order valence-electron chi connectivity index (χ0n) is 10.0. The van der Waals surface area contributed by atoms with Crippen LogP contribution in [0.25, 0.3) is 0 Å². The van der Waals surface area contributed by atoms with Crippen molar-refractivity contribution < 1.29 is 19.4 Å². The molecule has 100 valence electrons. The third kappa shape index (κ3) is 4.82. The summed E-state index contributed by atoms with van der Waals surface area (Å²) in [7, 11) is 1.57. The number of hydrogen-bond donors (Lipinski definition) is 3. The molecule has 0 aromatic carbocycles. The van der Waals surface area contributed by atoms with E-state index in [1.807, 2.05) is 0 Å². The van der Waals surface area contributed by atoms with Crippen LogP contribution in [0, 0.1) is 0 Å². The molecule has 1 aromatic rings. The number of nitrogens with one attached hydrogen (secondary N) is 2. The van der Waals surface area contributed by atoms with Crippen LogP contribution >= 0.6 is 11.3 Å². The van der Waals surface area contributed by atoms with Crippen molar-refractivity contribution in [2.75, 3.05) is 26.8 Å². The lowest BCUT2D eigenvalue weighted by atomic mass is 10.2. The molecule has 1 rings (SSSR count). The van der Waals surface area contributed by atoms with E-state index in [4.69, 9.17) is 9.84 Å². The molecule has 0 spiro atoms. The first-order valence-corrected chi connectivity index (χ1v) is 6.28. The molecule has 3 N–H and O–H groups in total. The maximum absolute atomic E-state index is 11.5. The summed E-state index contributed by atoms with van der Waals surface area (Å²) in [5, 5.41) is 16.1. The van der Waals surface area contributed by atoms with E-state index in [0.717, 1.165) is 0 Å². The zero-order chi connectivity index (χ0) is 13.4. The number of carboxylic acids is 1. The molecule has 0 aliphatic carbocycles. The van der Waals surface area contributed by atoms with E-state index in [2.05, 4.69) is 10.6 Å². The number of methoxy groups -OCH3 is 1. The lowest BCUT2D eigenvalue weighted by Gasteiger charge is -2.13. The summed E-state index contributed by atoms with van der Waals surface area (Å²) in [4.78, 5) is 23.2. The highest BCUT2D eigenvalue weighted by molar-refractivity contribution is 7.10. The predicted octanol–water partition coefficient (Wildman–Crippen LogP) is 0.226. The molecule has 0 fully saturated rings. The third-order valence-electron chi connectivity index (χ3n) is 2.15. The smallest absolute Gasteiger partial charge is 0.331 e. The van der Waals surface area contributed by atoms with Gasteiger partial charge in [0.25, 0.3) is 0 Å². The van der Waals surface area contributed by atoms with Crippen LogP contribution in [0.2, 0.25) is 0 Å². The first-order valence-electron chi connectivity index (χ1n) is 5.40. The van der Waals surface area contributed by atoms with E-state index in [9.17, 15) is 9.59 Å². The summed E-state index contributed by atoms with van der Waals surface area (Å²) in [6.07, 6.45) is 0. The minimum absolute atomic E-state index is 0.0680. The van der Waals surface area contributed by atoms with Gasteiger partial charge in [0, 0.05) is 18.5 Å². The second kappa shape index (κ2) is 7.80. The first-order chi connectivity index (χ1) is 8.65. The second-order valence-electron chi connectivity index (χ2n) is 3.52. The van der Waals surface area contributed by atoms with Crippen molar-refractivity contribution in [3.63, 3.8) is 0 Å². The van der Waals surface area contributed by atoms with Crippen molar-refractivity contribution in [1.29, 1.82) is 0 Å². The van der Waals surface area contributed by atoms with E-state index < -0.39 is 12.0 Å². The van der Waals surface area contributed by atoms with E-state index >= 15 is 0 Å². The SMILES string of the molecule is COCCNCC(=O)NC(C(=O)O)c1cccs1. The Morgan fingerprint density at radius 1 is 1.56 bits per heavy atom. The topological polar surface area (TPSA) is 87.7 Å². The van der Waals surface area contributed by atoms with Gasteiger partial charge in [-0.25, -0.2) is 4.79 Å². The summed E-state index contributed by atoms with van der Waals surface area (Å²) < 4.78 is 4.82. The molecule has 0 aliphatic heterocycles. The summed E-state index contributed by atoms with van der Waals surface area (Å²) in [6.45, 7) is 1.11. The number of aliphatic carboxylic acids is 1. The Bertz CT molecular complexity index is 380. The number of carboxylic acid groups (broad SMARTS) is 1. The molecule has 1 amide bonds. The molecule has 1 heterocycles. The van der Waals surface area contributed by atoms with Crippen LogP contribution in [0.15, 0.2) is 17.5 Å². The van der Waals surface area contributed by atoms with Crippen molar-refractivity contribution in [2.24, 2.45) is 0 Å². The van der Waals surface area contributed by atoms with E-state index in [0.29, 0.717) is 18.0 Å². The van der Waals surface area contributed by atoms with Gasteiger partial charge in [-0.2, -0.15) is 0 Å². The Morgan fingerprint density at radius 3 is 2.89 bits per heavy atom. The number of hydrogen-bond acceptors (Lipinski definition) is 5. The molecule has 0 bridgehead atoms. The summed E-state index contributed by atoms with van der Waals surface area (Å²) in [5.41, 5.74) is 0. The molecule has 0 saturated heterocycles. The van der Waals surface area contributed by atoms with Crippen LogP contribution in [0.1, 0.15) is 10.9 Å². The standard InChI is InChI=1S/C11H16N2O4S/c1-17-5-4-12-7-9(14)13-10(11(15)16)8-3-2-6-18-8/h2-3,6,10,12H,4-5,7H2,1H3,(H,13,14)(H,15,16). The van der Waals surface area contributed by atoms with Crippen molar-refractivity contribution >= 4 is 23.2 Å². The fraction of sp³-hybridized carbons (Fsp3) is 0.455. The molecule has 1 aromatic heterocycles. The molecule has 18 heavy (non-hydrogen) atoms. The monoisotopic (exact) mass is 272 g/mol. The quantitative estimate of drug-likeness (QED) is 0.589. The van der Waals surface area contributed by atoms with Gasteiger partial charge in [0.1, 0.15) is 0 Å². The van der Waals surface area contributed by atoms with Gasteiger partial charge in [-0.05, 0) is 11.4 Å². The summed E-state index contributed by atoms with van der Waals surface area (Å²) in [5.74, 6) is -1.42. The van der Waals surface area contributed by atoms with Crippen LogP contribution < -0.4 is 10.6 Å². The van der Waals surface area contributed by atoms with Gasteiger partial charge in [-0.3, -0.25) is 4.79 Å². The zero-order valence-corrected chi connectivity index (χ0v) is 10.8. The highest BCUT2D eigenvalue weighted by Crippen LogP contribution is 2.18. The van der Waals surface area contributed by atoms with Crippen LogP contribution in [-0.2, 0) is 14.3 Å². The molecule has 1 unspecified atom stereocenters. The van der Waals surface area contributed by atoms with Gasteiger partial charge in [0.05, 0.1) is 13.2 Å². The highest BCUT2D eigenvalue weighted by Gasteiger charge is 2.22. The van der Waals surface area contributed by atoms with E-state index in [1.165, 1.54) is 11.3 Å². The Kier molecular flexibility index (Phi) is 6.34. The Hall–Kier alpha value is -1.44. The molecule has 1 atom stereocenters. The molecular weight excluding hydrogens is 256 g/mol. The summed E-state index contributed by atoms with van der Waals surface area (Å²) >= 11 is 1.30. The molecule has 6 nitrogen and oxygen atoms in total. The van der Waals surface area contributed by atoms with Crippen molar-refractivity contribution in [1.82, 2.24) is 10.6 Å². The van der Waals surface area contributed by atoms with Crippen molar-refractivity contribution in [3.05, 3.63) is 22.4 Å². The number of rotatable bonds is 8. The highest BCUT2D eigenvalue weighted by atomic mass is 32.1. The molecule has 7 heteroatoms. The van der Waals surface area contributed by atoms with Crippen LogP contribution in [0.5, 0.6) is 0 Å². The van der Waals surface area contributed by atoms with Gasteiger partial charge < -0.3 is 20.5 Å². The minimum atomic E-state index is -1.07. The fourth-order valence-electron chi connectivity index (χ4n) is 1.30. The second-order valence-corrected chi connectivity index (χ2v) is 4.50. The van der Waals surface area contributed by atoms with Gasteiger partial charge >= 0.3 is 5.97 Å². The van der Waals surface area contributed by atoms with Crippen molar-refractivity contribution in [3.8, 4) is 0 Å². The minimum Gasteiger partial charge on any atom is -0.479 e. The number of carbonyl (C=O) groups is 2.